The quantitative estimate of drug-likeness (QED) is 0.306. The molecule has 154 valence electrons. The van der Waals surface area contributed by atoms with E-state index in [1.54, 1.807) is 60.8 Å². The number of anilines is 2. The number of phenols is 1. The predicted molar refractivity (Wildman–Crippen MR) is 119 cm³/mol. The highest BCUT2D eigenvalue weighted by Gasteiger charge is 2.13. The number of aromatic amines is 1. The molecule has 31 heavy (non-hydrogen) atoms. The molecule has 2 aromatic heterocycles. The molecule has 0 unspecified atom stereocenters. The minimum atomic E-state index is -1.03. The lowest BCUT2D eigenvalue weighted by molar-refractivity contribution is -0.130. The molecule has 2 amide bonds. The molecule has 0 saturated carbocycles. The van der Waals surface area contributed by atoms with E-state index in [2.05, 4.69) is 20.6 Å². The summed E-state index contributed by atoms with van der Waals surface area (Å²) in [6, 6.07) is 17.9. The summed E-state index contributed by atoms with van der Waals surface area (Å²) in [5.41, 5.74) is 2.36. The summed E-state index contributed by atoms with van der Waals surface area (Å²) < 4.78 is 0. The largest absolute Gasteiger partial charge is 0.508 e. The summed E-state index contributed by atoms with van der Waals surface area (Å²) in [6.07, 6.45) is 3.25. The molecule has 0 aliphatic heterocycles. The van der Waals surface area contributed by atoms with Crippen LogP contribution in [0.5, 0.6) is 5.75 Å². The highest BCUT2D eigenvalue weighted by atomic mass is 16.4. The Bertz CT molecular complexity index is 1300. The number of aromatic hydroxyl groups is 1. The summed E-state index contributed by atoms with van der Waals surface area (Å²) in [4.78, 5) is 31.3. The molecular weight excluding hydrogens is 396 g/mol. The van der Waals surface area contributed by atoms with E-state index in [1.807, 2.05) is 6.07 Å². The number of hydrogen-bond donors (Lipinski definition) is 5. The van der Waals surface area contributed by atoms with Gasteiger partial charge in [0.05, 0.1) is 5.57 Å². The fourth-order valence-corrected chi connectivity index (χ4v) is 3.12. The van der Waals surface area contributed by atoms with E-state index in [-0.39, 0.29) is 11.3 Å². The Hall–Kier alpha value is -4.59. The van der Waals surface area contributed by atoms with E-state index in [0.29, 0.717) is 33.7 Å². The Kier molecular flexibility index (Phi) is 5.35. The second kappa shape index (κ2) is 8.42. The third-order valence-electron chi connectivity index (χ3n) is 4.53. The van der Waals surface area contributed by atoms with Crippen molar-refractivity contribution in [3.63, 3.8) is 0 Å². The van der Waals surface area contributed by atoms with Gasteiger partial charge in [-0.1, -0.05) is 36.4 Å². The summed E-state index contributed by atoms with van der Waals surface area (Å²) in [5.74, 6) is -0.681. The fraction of sp³-hybridized carbons (Fsp3) is 0. The van der Waals surface area contributed by atoms with Gasteiger partial charge >= 0.3 is 12.0 Å². The summed E-state index contributed by atoms with van der Waals surface area (Å²) >= 11 is 0. The second-order valence-electron chi connectivity index (χ2n) is 6.70. The molecule has 0 atom stereocenters. The van der Waals surface area contributed by atoms with Crippen LogP contribution in [0.2, 0.25) is 0 Å². The first kappa shape index (κ1) is 19.7. The number of H-pyrrole nitrogens is 1. The lowest BCUT2D eigenvalue weighted by Gasteiger charge is -2.07. The van der Waals surface area contributed by atoms with Crippen molar-refractivity contribution in [2.24, 2.45) is 0 Å². The fourth-order valence-electron chi connectivity index (χ4n) is 3.12. The highest BCUT2D eigenvalue weighted by Crippen LogP contribution is 2.25. The normalized spacial score (nSPS) is 11.3. The molecule has 0 fully saturated rings. The molecule has 0 bridgehead atoms. The number of carboxylic acid groups (broad SMARTS) is 1. The molecule has 0 spiro atoms. The van der Waals surface area contributed by atoms with E-state index < -0.39 is 12.0 Å². The minimum absolute atomic E-state index is 0.0422. The molecule has 0 saturated heterocycles. The molecule has 0 aliphatic rings. The van der Waals surface area contributed by atoms with Gasteiger partial charge in [-0.05, 0) is 35.9 Å². The zero-order valence-corrected chi connectivity index (χ0v) is 16.2. The van der Waals surface area contributed by atoms with Gasteiger partial charge in [0.2, 0.25) is 0 Å². The zero-order chi connectivity index (χ0) is 21.8. The van der Waals surface area contributed by atoms with Gasteiger partial charge in [-0.2, -0.15) is 0 Å². The number of pyridine rings is 1. The van der Waals surface area contributed by atoms with Crippen molar-refractivity contribution in [2.75, 3.05) is 10.6 Å². The minimum Gasteiger partial charge on any atom is -0.508 e. The van der Waals surface area contributed by atoms with Crippen LogP contribution >= 0.6 is 0 Å². The van der Waals surface area contributed by atoms with Gasteiger partial charge in [0.1, 0.15) is 17.2 Å². The molecule has 4 aromatic rings. The maximum absolute atomic E-state index is 12.2. The Morgan fingerprint density at radius 1 is 0.968 bits per heavy atom. The van der Waals surface area contributed by atoms with Crippen LogP contribution in [-0.2, 0) is 4.79 Å². The lowest BCUT2D eigenvalue weighted by Crippen LogP contribution is -2.20. The number of aliphatic carboxylic acids is 1. The molecule has 2 aromatic carbocycles. The number of urea groups is 1. The van der Waals surface area contributed by atoms with Gasteiger partial charge in [0.15, 0.2) is 0 Å². The van der Waals surface area contributed by atoms with Crippen molar-refractivity contribution in [2.45, 2.75) is 0 Å². The monoisotopic (exact) mass is 414 g/mol. The average molecular weight is 414 g/mol. The van der Waals surface area contributed by atoms with Crippen molar-refractivity contribution in [3.8, 4) is 5.75 Å². The Morgan fingerprint density at radius 2 is 1.77 bits per heavy atom. The van der Waals surface area contributed by atoms with Crippen molar-refractivity contribution >= 4 is 46.2 Å². The number of phenolic OH excluding ortho intramolecular Hbond substituents is 1. The molecule has 8 nitrogen and oxygen atoms in total. The molecular formula is C23H18N4O4. The number of carbonyl (C=O) groups excluding carboxylic acids is 1. The Balaban J connectivity index is 1.56. The van der Waals surface area contributed by atoms with Gasteiger partial charge in [-0.15, -0.1) is 0 Å². The number of benzene rings is 2. The van der Waals surface area contributed by atoms with E-state index in [0.717, 1.165) is 0 Å². The first-order chi connectivity index (χ1) is 15.0. The number of hydrogen-bond acceptors (Lipinski definition) is 4. The Morgan fingerprint density at radius 3 is 2.52 bits per heavy atom. The van der Waals surface area contributed by atoms with Crippen molar-refractivity contribution in [1.29, 1.82) is 0 Å². The van der Waals surface area contributed by atoms with Crippen LogP contribution in [0.1, 0.15) is 11.1 Å². The van der Waals surface area contributed by atoms with Crippen LogP contribution in [0.25, 0.3) is 22.7 Å². The summed E-state index contributed by atoms with van der Waals surface area (Å²) in [7, 11) is 0. The number of amides is 2. The van der Waals surface area contributed by atoms with E-state index in [1.165, 1.54) is 12.1 Å². The van der Waals surface area contributed by atoms with Crippen molar-refractivity contribution in [1.82, 2.24) is 9.97 Å². The first-order valence-electron chi connectivity index (χ1n) is 9.35. The Labute approximate surface area is 176 Å². The molecule has 0 radical (unpaired) electrons. The highest BCUT2D eigenvalue weighted by molar-refractivity contribution is 6.21. The van der Waals surface area contributed by atoms with Crippen LogP contribution in [0, 0.1) is 0 Å². The van der Waals surface area contributed by atoms with E-state index in [4.69, 9.17) is 0 Å². The SMILES string of the molecule is O=C(Nc1cccc(O)c1)Nc1ccc2c(C=C(C(=O)O)c3ccccc3)c[nH]c2n1. The third kappa shape index (κ3) is 4.54. The topological polar surface area (TPSA) is 127 Å². The first-order valence-corrected chi connectivity index (χ1v) is 9.35. The molecule has 4 rings (SSSR count). The van der Waals surface area contributed by atoms with Crippen LogP contribution in [-0.4, -0.2) is 32.2 Å². The molecule has 2 heterocycles. The van der Waals surface area contributed by atoms with Crippen LogP contribution < -0.4 is 10.6 Å². The number of nitrogens with zero attached hydrogens (tertiary/aromatic N) is 1. The number of carbonyl (C=O) groups is 2. The third-order valence-corrected chi connectivity index (χ3v) is 4.53. The summed E-state index contributed by atoms with van der Waals surface area (Å²) in [6.45, 7) is 0. The average Bonchev–Trinajstić information content (AvgIpc) is 3.14. The van der Waals surface area contributed by atoms with Gasteiger partial charge in [0, 0.05) is 28.9 Å². The molecule has 5 N–H and O–H groups in total. The number of rotatable bonds is 5. The van der Waals surface area contributed by atoms with Gasteiger partial charge in [-0.25, -0.2) is 14.6 Å². The zero-order valence-electron chi connectivity index (χ0n) is 16.2. The van der Waals surface area contributed by atoms with E-state index >= 15 is 0 Å². The van der Waals surface area contributed by atoms with Crippen molar-refractivity contribution in [3.05, 3.63) is 84.1 Å². The van der Waals surface area contributed by atoms with Crippen LogP contribution in [0.4, 0.5) is 16.3 Å². The number of nitrogens with one attached hydrogen (secondary N) is 3. The number of carboxylic acids is 1. The van der Waals surface area contributed by atoms with Gasteiger partial charge < -0.3 is 20.5 Å². The van der Waals surface area contributed by atoms with Gasteiger partial charge in [-0.3, -0.25) is 5.32 Å². The lowest BCUT2D eigenvalue weighted by atomic mass is 10.0. The maximum Gasteiger partial charge on any atom is 0.336 e. The molecule has 0 aliphatic carbocycles. The standard InChI is InChI=1S/C23H18N4O4/c28-17-8-4-7-16(12-17)25-23(31)27-20-10-9-18-15(13-24-21(18)26-20)11-19(22(29)30)14-5-2-1-3-6-14/h1-13,28H,(H,29,30)(H3,24,25,26,27,31). The molecule has 8 heteroatoms. The van der Waals surface area contributed by atoms with Gasteiger partial charge in [0.25, 0.3) is 0 Å². The summed E-state index contributed by atoms with van der Waals surface area (Å²) in [5, 5.41) is 25.0. The van der Waals surface area contributed by atoms with Crippen LogP contribution in [0.3, 0.4) is 0 Å². The van der Waals surface area contributed by atoms with E-state index in [9.17, 15) is 19.8 Å². The predicted octanol–water partition coefficient (Wildman–Crippen LogP) is 4.54. The number of fused-ring (bicyclic) bond motifs is 1. The smallest absolute Gasteiger partial charge is 0.336 e. The maximum atomic E-state index is 12.2. The van der Waals surface area contributed by atoms with Crippen molar-refractivity contribution < 1.29 is 19.8 Å². The van der Waals surface area contributed by atoms with Crippen LogP contribution in [0.15, 0.2) is 72.9 Å². The second-order valence-corrected chi connectivity index (χ2v) is 6.70. The number of aromatic nitrogens is 2.